The summed E-state index contributed by atoms with van der Waals surface area (Å²) in [5.41, 5.74) is 0. The Hall–Kier alpha value is 2.37. The SMILES string of the molecule is F.[BiH3].[GaH3].[PbH2]. The topological polar surface area (TPSA) is 0 Å². The van der Waals surface area contributed by atoms with Gasteiger partial charge in [0.05, 0.1) is 0 Å². The van der Waals surface area contributed by atoms with E-state index in [1.165, 1.54) is 0 Å². The molecule has 0 aromatic carbocycles. The van der Waals surface area contributed by atoms with Crippen LogP contribution in [0.25, 0.3) is 0 Å². The van der Waals surface area contributed by atoms with Gasteiger partial charge < -0.3 is 0 Å². The molecule has 28 valence electrons. The molecule has 2 radical (unpaired) electrons. The second-order valence-electron chi connectivity index (χ2n) is 0. The van der Waals surface area contributed by atoms with E-state index in [9.17, 15) is 0 Å². The first kappa shape index (κ1) is 32.7. The summed E-state index contributed by atoms with van der Waals surface area (Å²) in [5, 5.41) is 0. The quantitative estimate of drug-likeness (QED) is 0.301. The molecule has 0 nitrogen and oxygen atoms in total. The van der Waals surface area contributed by atoms with Crippen molar-refractivity contribution < 1.29 is 4.70 Å². The van der Waals surface area contributed by atoms with Crippen molar-refractivity contribution in [2.24, 2.45) is 0 Å². The monoisotopic (exact) mass is 514 g/mol. The summed E-state index contributed by atoms with van der Waals surface area (Å²) in [6.45, 7) is 0. The molecule has 0 aliphatic rings. The molecule has 0 saturated heterocycles. The molecular weight excluding hydrogens is 505 g/mol. The average Bonchev–Trinajstić information content (AvgIpc) is 0. The van der Waals surface area contributed by atoms with Crippen LogP contribution in [0.4, 0.5) is 4.70 Å². The second-order valence-corrected chi connectivity index (χ2v) is 0. The Bertz CT molecular complexity index is 8.00. The van der Waals surface area contributed by atoms with Crippen molar-refractivity contribution in [2.45, 2.75) is 0 Å². The van der Waals surface area contributed by atoms with Gasteiger partial charge in [0.2, 0.25) is 0 Å². The third-order valence-corrected chi connectivity index (χ3v) is 0. The van der Waals surface area contributed by atoms with Crippen LogP contribution >= 0.6 is 0 Å². The molecule has 0 bridgehead atoms. The molecule has 0 unspecified atom stereocenters. The number of halogens is 1. The fraction of sp³-hybridized carbons (Fsp3) is 0. The molecule has 0 saturated carbocycles. The molecule has 0 N–H and O–H groups in total. The zero-order valence-corrected chi connectivity index (χ0v) is 12.8. The minimum absolute atomic E-state index is 0. The first-order valence-electron chi connectivity index (χ1n) is 0. The Morgan fingerprint density at radius 2 is 1.00 bits per heavy atom. The normalized spacial score (nSPS) is 0. The summed E-state index contributed by atoms with van der Waals surface area (Å²) in [7, 11) is 0. The van der Waals surface area contributed by atoms with E-state index in [-0.39, 0.29) is 78.0 Å². The fourth-order valence-corrected chi connectivity index (χ4v) is 0. The summed E-state index contributed by atoms with van der Waals surface area (Å²) in [4.78, 5) is 0. The van der Waals surface area contributed by atoms with E-state index in [4.69, 9.17) is 0 Å². The Kier molecular flexibility index (Phi) is 149. The first-order valence-corrected chi connectivity index (χ1v) is 0. The molecule has 0 aromatic heterocycles. The molecule has 0 rings (SSSR count). The Morgan fingerprint density at radius 1 is 1.00 bits per heavy atom. The van der Waals surface area contributed by atoms with Gasteiger partial charge in [-0.1, -0.05) is 0 Å². The summed E-state index contributed by atoms with van der Waals surface area (Å²) >= 11 is 0. The van der Waals surface area contributed by atoms with Crippen molar-refractivity contribution in [1.29, 1.82) is 0 Å². The van der Waals surface area contributed by atoms with E-state index < -0.39 is 0 Å². The zero-order chi connectivity index (χ0) is 0. The van der Waals surface area contributed by atoms with Crippen LogP contribution in [0, 0.1) is 0 Å². The molecule has 4 heavy (non-hydrogen) atoms. The van der Waals surface area contributed by atoms with Crippen molar-refractivity contribution in [3.63, 3.8) is 0 Å². The Labute approximate surface area is 76.8 Å². The van der Waals surface area contributed by atoms with Crippen LogP contribution in [0.2, 0.25) is 0 Å². The van der Waals surface area contributed by atoms with Crippen LogP contribution in [-0.2, 0) is 0 Å². The molecule has 0 atom stereocenters. The van der Waals surface area contributed by atoms with E-state index in [1.807, 2.05) is 0 Å². The third-order valence-electron chi connectivity index (χ3n) is 0. The molecule has 0 amide bonds. The van der Waals surface area contributed by atoms with Crippen molar-refractivity contribution in [2.75, 3.05) is 0 Å². The number of hydrogen-bond acceptors (Lipinski definition) is 0. The van der Waals surface area contributed by atoms with Crippen LogP contribution in [0.5, 0.6) is 0 Å². The van der Waals surface area contributed by atoms with Crippen molar-refractivity contribution in [3.8, 4) is 0 Å². The summed E-state index contributed by atoms with van der Waals surface area (Å²) in [5.74, 6) is 0. The average molecular weight is 514 g/mol. The predicted molar refractivity (Wildman–Crippen MR) is 30.9 cm³/mol. The molecule has 4 heteroatoms. The van der Waals surface area contributed by atoms with Crippen LogP contribution in [0.1, 0.15) is 0 Å². The predicted octanol–water partition coefficient (Wildman–Crippen LogP) is -3.13. The van der Waals surface area contributed by atoms with Gasteiger partial charge in [0.25, 0.3) is 0 Å². The van der Waals surface area contributed by atoms with Gasteiger partial charge >= 0.3 is 73.3 Å². The third kappa shape index (κ3) is 8.84. The van der Waals surface area contributed by atoms with E-state index >= 15 is 0 Å². The van der Waals surface area contributed by atoms with Gasteiger partial charge in [0.1, 0.15) is 0 Å². The molecule has 0 fully saturated rings. The molecule has 0 heterocycles. The van der Waals surface area contributed by atoms with Crippen molar-refractivity contribution in [3.05, 3.63) is 0 Å². The maximum atomic E-state index is 0. The van der Waals surface area contributed by atoms with Gasteiger partial charge in [-0.2, -0.15) is 0 Å². The van der Waals surface area contributed by atoms with Crippen molar-refractivity contribution >= 4 is 73.3 Å². The number of rotatable bonds is 0. The van der Waals surface area contributed by atoms with Gasteiger partial charge in [-0.05, 0) is 0 Å². The minimum atomic E-state index is 0. The van der Waals surface area contributed by atoms with Gasteiger partial charge in [0.15, 0.2) is 0 Å². The van der Waals surface area contributed by atoms with Crippen LogP contribution in [0.15, 0.2) is 0 Å². The van der Waals surface area contributed by atoms with E-state index in [1.54, 1.807) is 0 Å². The Balaban J connectivity index is 0. The van der Waals surface area contributed by atoms with Gasteiger partial charge in [-0.15, -0.1) is 0 Å². The summed E-state index contributed by atoms with van der Waals surface area (Å²) in [6.07, 6.45) is 0. The van der Waals surface area contributed by atoms with Crippen LogP contribution in [-0.4, -0.2) is 73.3 Å². The number of hydrogen-bond donors (Lipinski definition) is 0. The maximum absolute atomic E-state index is 0. The van der Waals surface area contributed by atoms with Gasteiger partial charge in [-0.3, -0.25) is 4.70 Å². The van der Waals surface area contributed by atoms with Crippen LogP contribution in [0.3, 0.4) is 0 Å². The first-order chi connectivity index (χ1) is 0. The molecule has 0 spiro atoms. The zero-order valence-electron chi connectivity index (χ0n) is 1.82. The van der Waals surface area contributed by atoms with E-state index in [0.29, 0.717) is 0 Å². The summed E-state index contributed by atoms with van der Waals surface area (Å²) < 4.78 is 0. The molecular formula is H9BiFGaPb. The Morgan fingerprint density at radius 3 is 1.00 bits per heavy atom. The standard InChI is InChI=1S/Bi.FH.Ga.Pb.8H/h;1H;;;;;;;;;;. The van der Waals surface area contributed by atoms with Crippen molar-refractivity contribution in [1.82, 2.24) is 0 Å². The van der Waals surface area contributed by atoms with Gasteiger partial charge in [0, 0.05) is 0 Å². The fourth-order valence-electron chi connectivity index (χ4n) is 0. The van der Waals surface area contributed by atoms with Crippen LogP contribution < -0.4 is 0 Å². The van der Waals surface area contributed by atoms with E-state index in [2.05, 4.69) is 0 Å². The molecule has 0 aliphatic carbocycles. The van der Waals surface area contributed by atoms with E-state index in [0.717, 1.165) is 0 Å². The second kappa shape index (κ2) is 18.3. The summed E-state index contributed by atoms with van der Waals surface area (Å²) in [6, 6.07) is 0. The molecule has 0 aromatic rings. The van der Waals surface area contributed by atoms with Gasteiger partial charge in [-0.25, -0.2) is 0 Å². The molecule has 0 aliphatic heterocycles.